The molecule has 0 saturated carbocycles. The lowest BCUT2D eigenvalue weighted by atomic mass is 9.81. The van der Waals surface area contributed by atoms with Crippen LogP contribution < -0.4 is 0 Å². The third-order valence-electron chi connectivity index (χ3n) is 12.0. The maximum Gasteiger partial charge on any atom is 0.0159 e. The van der Waals surface area contributed by atoms with Crippen molar-refractivity contribution in [1.82, 2.24) is 0 Å². The van der Waals surface area contributed by atoms with Gasteiger partial charge >= 0.3 is 0 Å². The molecule has 1 aliphatic rings. The summed E-state index contributed by atoms with van der Waals surface area (Å²) in [5.74, 6) is 0. The number of hydrogen-bond acceptors (Lipinski definition) is 0. The second-order valence-corrected chi connectivity index (χ2v) is 15.3. The van der Waals surface area contributed by atoms with E-state index in [0.29, 0.717) is 0 Å². The Labute approximate surface area is 309 Å². The fourth-order valence-corrected chi connectivity index (χ4v) is 9.25. The summed E-state index contributed by atoms with van der Waals surface area (Å²) in [6.07, 6.45) is 0. The van der Waals surface area contributed by atoms with Crippen molar-refractivity contribution in [2.45, 2.75) is 19.3 Å². The zero-order chi connectivity index (χ0) is 35.3. The Morgan fingerprint density at radius 2 is 0.792 bits per heavy atom. The normalized spacial score (nSPS) is 13.2. The average Bonchev–Trinajstić information content (AvgIpc) is 3.44. The molecule has 10 aromatic rings. The number of benzene rings is 10. The highest BCUT2D eigenvalue weighted by molar-refractivity contribution is 6.29. The third kappa shape index (κ3) is 4.55. The van der Waals surface area contributed by atoms with Gasteiger partial charge in [-0.2, -0.15) is 0 Å². The van der Waals surface area contributed by atoms with Gasteiger partial charge in [-0.15, -0.1) is 0 Å². The fourth-order valence-electron chi connectivity index (χ4n) is 9.25. The van der Waals surface area contributed by atoms with Gasteiger partial charge in [0.15, 0.2) is 0 Å². The number of fused-ring (bicyclic) bond motifs is 11. The molecular weight excluding hydrogens is 637 g/mol. The van der Waals surface area contributed by atoms with E-state index in [1.54, 1.807) is 0 Å². The van der Waals surface area contributed by atoms with Crippen LogP contribution in [-0.2, 0) is 5.41 Å². The molecule has 0 spiro atoms. The van der Waals surface area contributed by atoms with E-state index in [1.807, 2.05) is 0 Å². The highest BCUT2D eigenvalue weighted by atomic mass is 14.4. The Bertz CT molecular complexity index is 3120. The van der Waals surface area contributed by atoms with Gasteiger partial charge in [-0.05, 0) is 140 Å². The molecule has 0 radical (unpaired) electrons. The molecule has 0 atom stereocenters. The van der Waals surface area contributed by atoms with Crippen LogP contribution in [-0.4, -0.2) is 0 Å². The molecule has 248 valence electrons. The van der Waals surface area contributed by atoms with Crippen molar-refractivity contribution >= 4 is 53.9 Å². The number of rotatable bonds is 3. The van der Waals surface area contributed by atoms with E-state index in [9.17, 15) is 0 Å². The lowest BCUT2D eigenvalue weighted by molar-refractivity contribution is 0.661. The van der Waals surface area contributed by atoms with E-state index in [1.165, 1.54) is 109 Å². The minimum absolute atomic E-state index is 0.0930. The van der Waals surface area contributed by atoms with Gasteiger partial charge in [0.25, 0.3) is 0 Å². The molecule has 11 rings (SSSR count). The first kappa shape index (κ1) is 30.2. The largest absolute Gasteiger partial charge is 0.0622 e. The van der Waals surface area contributed by atoms with Crippen LogP contribution in [0.4, 0.5) is 0 Å². The minimum Gasteiger partial charge on any atom is -0.0622 e. The zero-order valence-electron chi connectivity index (χ0n) is 29.8. The second-order valence-electron chi connectivity index (χ2n) is 15.3. The molecule has 0 aliphatic heterocycles. The topological polar surface area (TPSA) is 0 Å². The van der Waals surface area contributed by atoms with Crippen LogP contribution in [0.25, 0.3) is 98.4 Å². The number of hydrogen-bond donors (Lipinski definition) is 0. The Hall–Kier alpha value is -6.50. The van der Waals surface area contributed by atoms with E-state index in [2.05, 4.69) is 196 Å². The van der Waals surface area contributed by atoms with E-state index in [0.717, 1.165) is 0 Å². The van der Waals surface area contributed by atoms with Crippen LogP contribution in [0.1, 0.15) is 25.0 Å². The molecule has 1 aliphatic carbocycles. The van der Waals surface area contributed by atoms with Gasteiger partial charge in [-0.1, -0.05) is 166 Å². The van der Waals surface area contributed by atoms with Crippen LogP contribution >= 0.6 is 0 Å². The summed E-state index contributed by atoms with van der Waals surface area (Å²) < 4.78 is 0. The molecule has 0 N–H and O–H groups in total. The molecule has 53 heavy (non-hydrogen) atoms. The van der Waals surface area contributed by atoms with Crippen molar-refractivity contribution in [3.63, 3.8) is 0 Å². The molecule has 0 heterocycles. The molecule has 0 fully saturated rings. The van der Waals surface area contributed by atoms with Gasteiger partial charge in [0, 0.05) is 5.41 Å². The van der Waals surface area contributed by atoms with Crippen molar-refractivity contribution in [3.05, 3.63) is 193 Å². The van der Waals surface area contributed by atoms with Gasteiger partial charge in [0.1, 0.15) is 0 Å². The van der Waals surface area contributed by atoms with Crippen LogP contribution in [0.15, 0.2) is 182 Å². The first-order valence-electron chi connectivity index (χ1n) is 18.7. The lowest BCUT2D eigenvalue weighted by Crippen LogP contribution is -2.15. The fraction of sp³-hybridized carbons (Fsp3) is 0.0566. The van der Waals surface area contributed by atoms with Gasteiger partial charge in [-0.25, -0.2) is 0 Å². The van der Waals surface area contributed by atoms with Crippen LogP contribution in [0.3, 0.4) is 0 Å². The van der Waals surface area contributed by atoms with E-state index >= 15 is 0 Å². The lowest BCUT2D eigenvalue weighted by Gasteiger charge is -2.22. The Balaban J connectivity index is 1.03. The highest BCUT2D eigenvalue weighted by Gasteiger charge is 2.36. The summed E-state index contributed by atoms with van der Waals surface area (Å²) >= 11 is 0. The van der Waals surface area contributed by atoms with Gasteiger partial charge in [-0.3, -0.25) is 0 Å². The maximum atomic E-state index is 2.44. The van der Waals surface area contributed by atoms with Gasteiger partial charge in [0.2, 0.25) is 0 Å². The Kier molecular flexibility index (Phi) is 6.40. The van der Waals surface area contributed by atoms with Crippen LogP contribution in [0.5, 0.6) is 0 Å². The van der Waals surface area contributed by atoms with Crippen molar-refractivity contribution in [1.29, 1.82) is 0 Å². The SMILES string of the molecule is CC1(C)c2cc(-c3ccccc3)ccc2-c2ccc(-c3ccc4ccc(-c5cc6ccc7ccc8ccccc8c7c6c6ccccc56)cc4c3)cc21. The van der Waals surface area contributed by atoms with Crippen molar-refractivity contribution in [2.24, 2.45) is 0 Å². The first-order valence-corrected chi connectivity index (χ1v) is 18.7. The standard InChI is InChI=1S/C53H36/c1-53(2)49-31-38(33-10-4-3-5-11-33)24-26-45(49)46-27-25-39(32-50(46)53)37-21-16-34-17-22-40(29-42(34)28-37)48-30-41-23-20-36-19-18-35-12-6-7-13-43(35)51(36)52(41)47-15-9-8-14-44(47)48/h3-32H,1-2H3. The summed E-state index contributed by atoms with van der Waals surface area (Å²) in [6.45, 7) is 4.75. The van der Waals surface area contributed by atoms with Crippen LogP contribution in [0, 0.1) is 0 Å². The zero-order valence-corrected chi connectivity index (χ0v) is 29.8. The third-order valence-corrected chi connectivity index (χ3v) is 12.0. The molecule has 0 bridgehead atoms. The van der Waals surface area contributed by atoms with E-state index in [-0.39, 0.29) is 5.41 Å². The molecule has 0 amide bonds. The van der Waals surface area contributed by atoms with Crippen molar-refractivity contribution in [2.75, 3.05) is 0 Å². The van der Waals surface area contributed by atoms with Gasteiger partial charge < -0.3 is 0 Å². The monoisotopic (exact) mass is 672 g/mol. The molecule has 0 aromatic heterocycles. The smallest absolute Gasteiger partial charge is 0.0159 e. The molecule has 0 unspecified atom stereocenters. The second kappa shape index (κ2) is 11.2. The summed E-state index contributed by atoms with van der Waals surface area (Å²) in [6, 6.07) is 68.0. The summed E-state index contributed by atoms with van der Waals surface area (Å²) in [5, 5.41) is 12.9. The van der Waals surface area contributed by atoms with Crippen molar-refractivity contribution < 1.29 is 0 Å². The predicted molar refractivity (Wildman–Crippen MR) is 228 cm³/mol. The Morgan fingerprint density at radius 3 is 1.55 bits per heavy atom. The molecule has 0 saturated heterocycles. The van der Waals surface area contributed by atoms with E-state index < -0.39 is 0 Å². The predicted octanol–water partition coefficient (Wildman–Crippen LogP) is 14.8. The summed E-state index contributed by atoms with van der Waals surface area (Å²) in [4.78, 5) is 0. The molecule has 0 nitrogen and oxygen atoms in total. The summed E-state index contributed by atoms with van der Waals surface area (Å²) in [7, 11) is 0. The Morgan fingerprint density at radius 1 is 0.283 bits per heavy atom. The molecule has 0 heteroatoms. The first-order chi connectivity index (χ1) is 26.0. The van der Waals surface area contributed by atoms with E-state index in [4.69, 9.17) is 0 Å². The summed E-state index contributed by atoms with van der Waals surface area (Å²) in [5.41, 5.74) is 13.0. The van der Waals surface area contributed by atoms with Crippen molar-refractivity contribution in [3.8, 4) is 44.5 Å². The average molecular weight is 673 g/mol. The molecule has 10 aromatic carbocycles. The van der Waals surface area contributed by atoms with Crippen LogP contribution in [0.2, 0.25) is 0 Å². The minimum atomic E-state index is -0.0930. The van der Waals surface area contributed by atoms with Gasteiger partial charge in [0.05, 0.1) is 0 Å². The molecular formula is C53H36. The maximum absolute atomic E-state index is 2.44. The highest BCUT2D eigenvalue weighted by Crippen LogP contribution is 2.51. The quantitative estimate of drug-likeness (QED) is 0.164.